The fraction of sp³-hybridized carbons (Fsp3) is 0.348. The molecular weight excluding hydrogens is 442 g/mol. The van der Waals surface area contributed by atoms with Gasteiger partial charge in [0.2, 0.25) is 0 Å². The Kier molecular flexibility index (Phi) is 5.63. The van der Waals surface area contributed by atoms with Crippen LogP contribution in [0.3, 0.4) is 0 Å². The average molecular weight is 463 g/mol. The summed E-state index contributed by atoms with van der Waals surface area (Å²) in [7, 11) is 1.34. The summed E-state index contributed by atoms with van der Waals surface area (Å²) in [6.45, 7) is 1.50. The topological polar surface area (TPSA) is 98.1 Å². The van der Waals surface area contributed by atoms with E-state index in [0.29, 0.717) is 5.56 Å². The van der Waals surface area contributed by atoms with Gasteiger partial charge in [-0.05, 0) is 43.4 Å². The minimum Gasteiger partial charge on any atom is -0.496 e. The second-order valence-electron chi connectivity index (χ2n) is 8.25. The van der Waals surface area contributed by atoms with Crippen molar-refractivity contribution >= 4 is 16.8 Å². The SMILES string of the molecule is COc1c([C@@H]2C[C@H](C(F)(F)F)C[C@H]2c2cc(=O)c3c(C(N)=O)nccc3[nH]2)ccc(F)c1C. The first-order valence-electron chi connectivity index (χ1n) is 10.2. The van der Waals surface area contributed by atoms with Gasteiger partial charge in [-0.1, -0.05) is 6.07 Å². The van der Waals surface area contributed by atoms with Crippen LogP contribution in [-0.4, -0.2) is 29.2 Å². The van der Waals surface area contributed by atoms with Crippen molar-refractivity contribution in [2.45, 2.75) is 37.8 Å². The Morgan fingerprint density at radius 1 is 1.21 bits per heavy atom. The molecule has 0 unspecified atom stereocenters. The normalized spacial score (nSPS) is 20.8. The number of H-pyrrole nitrogens is 1. The first-order chi connectivity index (χ1) is 15.5. The summed E-state index contributed by atoms with van der Waals surface area (Å²) >= 11 is 0. The number of aromatic amines is 1. The highest BCUT2D eigenvalue weighted by Gasteiger charge is 2.50. The lowest BCUT2D eigenvalue weighted by Gasteiger charge is -2.23. The number of hydrogen-bond acceptors (Lipinski definition) is 4. The molecule has 3 atom stereocenters. The maximum absolute atomic E-state index is 14.1. The predicted octanol–water partition coefficient (Wildman–Crippen LogP) is 4.32. The third kappa shape index (κ3) is 3.94. The molecule has 1 amide bonds. The van der Waals surface area contributed by atoms with E-state index in [1.165, 1.54) is 44.5 Å². The van der Waals surface area contributed by atoms with Crippen molar-refractivity contribution in [3.05, 3.63) is 69.0 Å². The van der Waals surface area contributed by atoms with Crippen LogP contribution in [0.4, 0.5) is 17.6 Å². The third-order valence-electron chi connectivity index (χ3n) is 6.40. The number of fused-ring (bicyclic) bond motifs is 1. The van der Waals surface area contributed by atoms with Gasteiger partial charge in [-0.2, -0.15) is 13.2 Å². The highest BCUT2D eigenvalue weighted by Crippen LogP contribution is 2.55. The van der Waals surface area contributed by atoms with Crippen molar-refractivity contribution < 1.29 is 27.1 Å². The summed E-state index contributed by atoms with van der Waals surface area (Å²) in [5, 5.41) is -0.0223. The quantitative estimate of drug-likeness (QED) is 0.563. The molecule has 2 heterocycles. The number of methoxy groups -OCH3 is 1. The number of alkyl halides is 3. The number of aromatic nitrogens is 2. The molecule has 0 spiro atoms. The lowest BCUT2D eigenvalue weighted by atomic mass is 9.85. The van der Waals surface area contributed by atoms with Gasteiger partial charge < -0.3 is 15.5 Å². The van der Waals surface area contributed by atoms with E-state index in [1.54, 1.807) is 0 Å². The lowest BCUT2D eigenvalue weighted by Crippen LogP contribution is -2.20. The van der Waals surface area contributed by atoms with Crippen molar-refractivity contribution in [2.24, 2.45) is 11.7 Å². The Hall–Kier alpha value is -3.43. The fourth-order valence-electron chi connectivity index (χ4n) is 4.85. The molecule has 4 rings (SSSR count). The van der Waals surface area contributed by atoms with Crippen molar-refractivity contribution in [2.75, 3.05) is 7.11 Å². The monoisotopic (exact) mass is 463 g/mol. The van der Waals surface area contributed by atoms with Crippen molar-refractivity contribution in [3.63, 3.8) is 0 Å². The summed E-state index contributed by atoms with van der Waals surface area (Å²) in [5.74, 6) is -4.24. The van der Waals surface area contributed by atoms with Gasteiger partial charge in [0.15, 0.2) is 5.43 Å². The molecule has 0 radical (unpaired) electrons. The summed E-state index contributed by atoms with van der Waals surface area (Å²) in [5.41, 5.74) is 5.70. The van der Waals surface area contributed by atoms with Crippen molar-refractivity contribution in [3.8, 4) is 5.75 Å². The maximum Gasteiger partial charge on any atom is 0.391 e. The molecule has 1 saturated carbocycles. The molecule has 6 nitrogen and oxygen atoms in total. The van der Waals surface area contributed by atoms with Crippen LogP contribution in [0.2, 0.25) is 0 Å². The number of nitrogens with two attached hydrogens (primary N) is 1. The summed E-state index contributed by atoms with van der Waals surface area (Å²) in [6.07, 6.45) is -3.64. The molecule has 0 saturated heterocycles. The van der Waals surface area contributed by atoms with Gasteiger partial charge in [0.25, 0.3) is 5.91 Å². The number of nitrogens with one attached hydrogen (secondary N) is 1. The van der Waals surface area contributed by atoms with E-state index in [2.05, 4.69) is 9.97 Å². The Morgan fingerprint density at radius 3 is 2.55 bits per heavy atom. The summed E-state index contributed by atoms with van der Waals surface area (Å²) in [6, 6.07) is 5.29. The molecule has 3 N–H and O–H groups in total. The Labute approximate surface area is 185 Å². The number of halogens is 4. The zero-order chi connectivity index (χ0) is 24.1. The van der Waals surface area contributed by atoms with E-state index in [0.717, 1.165) is 0 Å². The molecule has 3 aromatic rings. The van der Waals surface area contributed by atoms with Crippen LogP contribution in [0.15, 0.2) is 35.3 Å². The Bertz CT molecular complexity index is 1300. The van der Waals surface area contributed by atoms with Gasteiger partial charge in [-0.15, -0.1) is 0 Å². The van der Waals surface area contributed by atoms with Crippen LogP contribution in [0.25, 0.3) is 10.9 Å². The van der Waals surface area contributed by atoms with Crippen LogP contribution in [0.5, 0.6) is 5.75 Å². The van der Waals surface area contributed by atoms with Crippen molar-refractivity contribution in [1.82, 2.24) is 9.97 Å². The number of carbonyl (C=O) groups excluding carboxylic acids is 1. The van der Waals surface area contributed by atoms with Gasteiger partial charge in [-0.3, -0.25) is 14.6 Å². The number of rotatable bonds is 4. The molecule has 0 bridgehead atoms. The average Bonchev–Trinajstić information content (AvgIpc) is 3.20. The number of carbonyl (C=O) groups is 1. The van der Waals surface area contributed by atoms with Gasteiger partial charge in [0.05, 0.1) is 23.9 Å². The smallest absolute Gasteiger partial charge is 0.391 e. The highest BCUT2D eigenvalue weighted by atomic mass is 19.4. The number of hydrogen-bond donors (Lipinski definition) is 2. The molecule has 1 fully saturated rings. The van der Waals surface area contributed by atoms with Gasteiger partial charge in [0.1, 0.15) is 17.3 Å². The number of nitrogens with zero attached hydrogens (tertiary/aromatic N) is 1. The van der Waals surface area contributed by atoms with Crippen molar-refractivity contribution in [1.29, 1.82) is 0 Å². The van der Waals surface area contributed by atoms with E-state index in [-0.39, 0.29) is 46.4 Å². The van der Waals surface area contributed by atoms with Crippen LogP contribution >= 0.6 is 0 Å². The van der Waals surface area contributed by atoms with E-state index < -0.39 is 41.1 Å². The van der Waals surface area contributed by atoms with E-state index in [9.17, 15) is 27.2 Å². The number of pyridine rings is 2. The maximum atomic E-state index is 14.1. The molecular formula is C23H21F4N3O3. The molecule has 174 valence electrons. The van der Waals surface area contributed by atoms with Crippen LogP contribution in [0.1, 0.15) is 52.0 Å². The first kappa shape index (κ1) is 22.8. The standard InChI is InChI=1S/C23H21F4N3O3/c1-10-15(24)4-3-12(21(10)33-2)13-7-11(23(25,26)27)8-14(13)17-9-18(31)19-16(30-17)5-6-29-20(19)22(28)32/h3-6,9,11,13-14H,7-8H2,1-2H3,(H2,28,32)(H,30,31)/t11-,13-,14+/m0/s1. The van der Waals surface area contributed by atoms with Crippen LogP contribution < -0.4 is 15.9 Å². The zero-order valence-electron chi connectivity index (χ0n) is 17.8. The predicted molar refractivity (Wildman–Crippen MR) is 113 cm³/mol. The number of ether oxygens (including phenoxy) is 1. The van der Waals surface area contributed by atoms with Crippen LogP contribution in [-0.2, 0) is 0 Å². The van der Waals surface area contributed by atoms with E-state index in [1.807, 2.05) is 0 Å². The molecule has 2 aromatic heterocycles. The third-order valence-corrected chi connectivity index (χ3v) is 6.40. The molecule has 1 aliphatic carbocycles. The number of primary amides is 1. The zero-order valence-corrected chi connectivity index (χ0v) is 17.8. The molecule has 0 aliphatic heterocycles. The Morgan fingerprint density at radius 2 is 1.91 bits per heavy atom. The fourth-order valence-corrected chi connectivity index (χ4v) is 4.85. The Balaban J connectivity index is 1.89. The van der Waals surface area contributed by atoms with E-state index in [4.69, 9.17) is 10.5 Å². The van der Waals surface area contributed by atoms with Gasteiger partial charge in [0, 0.05) is 29.4 Å². The van der Waals surface area contributed by atoms with Crippen LogP contribution in [0, 0.1) is 18.7 Å². The molecule has 10 heteroatoms. The summed E-state index contributed by atoms with van der Waals surface area (Å²) in [4.78, 5) is 31.4. The minimum atomic E-state index is -4.44. The highest BCUT2D eigenvalue weighted by molar-refractivity contribution is 6.03. The number of amides is 1. The molecule has 1 aliphatic rings. The largest absolute Gasteiger partial charge is 0.496 e. The second kappa shape index (κ2) is 8.17. The van der Waals surface area contributed by atoms with Gasteiger partial charge >= 0.3 is 6.18 Å². The molecule has 33 heavy (non-hydrogen) atoms. The first-order valence-corrected chi connectivity index (χ1v) is 10.2. The van der Waals surface area contributed by atoms with Gasteiger partial charge in [-0.25, -0.2) is 4.39 Å². The lowest BCUT2D eigenvalue weighted by molar-refractivity contribution is -0.172. The summed E-state index contributed by atoms with van der Waals surface area (Å²) < 4.78 is 60.6. The molecule has 1 aromatic carbocycles. The minimum absolute atomic E-state index is 0.0223. The van der Waals surface area contributed by atoms with E-state index >= 15 is 0 Å². The second-order valence-corrected chi connectivity index (χ2v) is 8.25. The number of benzene rings is 1.